The average molecular weight is 329 g/mol. The van der Waals surface area contributed by atoms with Gasteiger partial charge in [-0.2, -0.15) is 0 Å². The maximum Gasteiger partial charge on any atom is 0.231 e. The molecule has 0 aromatic rings. The molecule has 0 aromatic carbocycles. The van der Waals surface area contributed by atoms with Crippen LogP contribution in [0.3, 0.4) is 0 Å². The SMILES string of the molecule is C=NC(=NC)NN[C@@](C)(CC)C[C@H](CNCCN(C)CN)NC. The molecule has 6 N–H and O–H groups in total. The first-order valence-electron chi connectivity index (χ1n) is 8.18. The molecule has 0 aliphatic rings. The van der Waals surface area contributed by atoms with Crippen LogP contribution in [0, 0.1) is 0 Å². The quantitative estimate of drug-likeness (QED) is 0.107. The van der Waals surface area contributed by atoms with E-state index in [0.717, 1.165) is 32.5 Å². The Morgan fingerprint density at radius 2 is 2.13 bits per heavy atom. The molecule has 0 rings (SSSR count). The first-order chi connectivity index (χ1) is 10.9. The van der Waals surface area contributed by atoms with Gasteiger partial charge in [0, 0.05) is 44.9 Å². The monoisotopic (exact) mass is 328 g/mol. The van der Waals surface area contributed by atoms with E-state index < -0.39 is 0 Å². The third-order valence-corrected chi connectivity index (χ3v) is 4.10. The molecule has 0 radical (unpaired) electrons. The molecule has 0 heterocycles. The first-order valence-corrected chi connectivity index (χ1v) is 8.18. The van der Waals surface area contributed by atoms with Gasteiger partial charge in [-0.3, -0.25) is 15.3 Å². The number of guanidine groups is 1. The minimum Gasteiger partial charge on any atom is -0.318 e. The van der Waals surface area contributed by atoms with Crippen molar-refractivity contribution in [2.45, 2.75) is 38.3 Å². The van der Waals surface area contributed by atoms with E-state index in [9.17, 15) is 0 Å². The second-order valence-electron chi connectivity index (χ2n) is 6.03. The van der Waals surface area contributed by atoms with Gasteiger partial charge in [-0.1, -0.05) is 6.92 Å². The van der Waals surface area contributed by atoms with Gasteiger partial charge in [0.2, 0.25) is 5.96 Å². The number of nitrogens with one attached hydrogen (secondary N) is 4. The zero-order valence-corrected chi connectivity index (χ0v) is 15.4. The minimum absolute atomic E-state index is 0.0793. The Hall–Kier alpha value is -1.06. The molecule has 0 aliphatic heterocycles. The lowest BCUT2D eigenvalue weighted by molar-refractivity contribution is 0.262. The van der Waals surface area contributed by atoms with E-state index in [-0.39, 0.29) is 5.54 Å². The van der Waals surface area contributed by atoms with Gasteiger partial charge in [0.05, 0.1) is 0 Å². The Morgan fingerprint density at radius 3 is 2.61 bits per heavy atom. The van der Waals surface area contributed by atoms with Gasteiger partial charge in [-0.15, -0.1) is 0 Å². The largest absolute Gasteiger partial charge is 0.318 e. The summed E-state index contributed by atoms with van der Waals surface area (Å²) in [7, 11) is 5.69. The summed E-state index contributed by atoms with van der Waals surface area (Å²) in [5.74, 6) is 0.494. The number of hydrazine groups is 1. The van der Waals surface area contributed by atoms with Crippen molar-refractivity contribution >= 4 is 12.7 Å². The predicted octanol–water partition coefficient (Wildman–Crippen LogP) is -0.649. The fourth-order valence-electron chi connectivity index (χ4n) is 2.11. The summed E-state index contributed by atoms with van der Waals surface area (Å²) in [6.45, 7) is 11.2. The molecule has 0 unspecified atom stereocenters. The minimum atomic E-state index is -0.0793. The molecule has 0 spiro atoms. The molecule has 23 heavy (non-hydrogen) atoms. The van der Waals surface area contributed by atoms with Gasteiger partial charge >= 0.3 is 0 Å². The van der Waals surface area contributed by atoms with E-state index in [4.69, 9.17) is 5.73 Å². The summed E-state index contributed by atoms with van der Waals surface area (Å²) in [6, 6.07) is 0.358. The molecule has 0 aliphatic carbocycles. The summed E-state index contributed by atoms with van der Waals surface area (Å²) in [5, 5.41) is 6.85. The summed E-state index contributed by atoms with van der Waals surface area (Å²) < 4.78 is 0. The van der Waals surface area contributed by atoms with Crippen LogP contribution >= 0.6 is 0 Å². The molecule has 0 bridgehead atoms. The second-order valence-corrected chi connectivity index (χ2v) is 6.03. The Balaban J connectivity index is 4.34. The lowest BCUT2D eigenvalue weighted by Gasteiger charge is -2.34. The van der Waals surface area contributed by atoms with Gasteiger partial charge in [-0.25, -0.2) is 10.4 Å². The number of nitrogens with zero attached hydrogens (tertiary/aromatic N) is 3. The highest BCUT2D eigenvalue weighted by Crippen LogP contribution is 2.15. The molecule has 0 fully saturated rings. The lowest BCUT2D eigenvalue weighted by atomic mass is 9.91. The highest BCUT2D eigenvalue weighted by atomic mass is 15.4. The van der Waals surface area contributed by atoms with Crippen LogP contribution in [0.15, 0.2) is 9.98 Å². The molecule has 0 amide bonds. The fourth-order valence-corrected chi connectivity index (χ4v) is 2.11. The van der Waals surface area contributed by atoms with Gasteiger partial charge in [-0.05, 0) is 40.6 Å². The smallest absolute Gasteiger partial charge is 0.231 e. The summed E-state index contributed by atoms with van der Waals surface area (Å²) >= 11 is 0. The van der Waals surface area contributed by atoms with Crippen LogP contribution < -0.4 is 27.2 Å². The van der Waals surface area contributed by atoms with Crippen LogP contribution in [0.25, 0.3) is 0 Å². The van der Waals surface area contributed by atoms with E-state index in [2.05, 4.69) is 56.9 Å². The van der Waals surface area contributed by atoms with Crippen molar-refractivity contribution in [2.75, 3.05) is 47.4 Å². The lowest BCUT2D eigenvalue weighted by Crippen LogP contribution is -2.55. The van der Waals surface area contributed by atoms with Crippen LogP contribution in [0.5, 0.6) is 0 Å². The van der Waals surface area contributed by atoms with Gasteiger partial charge in [0.15, 0.2) is 0 Å². The van der Waals surface area contributed by atoms with Crippen LogP contribution in [-0.4, -0.2) is 76.6 Å². The maximum absolute atomic E-state index is 5.57. The van der Waals surface area contributed by atoms with Crippen molar-refractivity contribution in [2.24, 2.45) is 15.7 Å². The first kappa shape index (κ1) is 21.9. The number of hydrogen-bond acceptors (Lipinski definition) is 6. The van der Waals surface area contributed by atoms with Crippen LogP contribution in [0.1, 0.15) is 26.7 Å². The van der Waals surface area contributed by atoms with Crippen molar-refractivity contribution in [3.63, 3.8) is 0 Å². The van der Waals surface area contributed by atoms with Crippen molar-refractivity contribution in [3.8, 4) is 0 Å². The molecule has 0 aromatic heterocycles. The number of nitrogens with two attached hydrogens (primary N) is 1. The summed E-state index contributed by atoms with van der Waals surface area (Å²) in [5.41, 5.74) is 11.8. The van der Waals surface area contributed by atoms with E-state index in [1.807, 2.05) is 14.1 Å². The fraction of sp³-hybridized carbons (Fsp3) is 0.867. The van der Waals surface area contributed by atoms with Crippen LogP contribution in [-0.2, 0) is 0 Å². The zero-order chi connectivity index (χ0) is 17.7. The highest BCUT2D eigenvalue weighted by molar-refractivity contribution is 5.83. The van der Waals surface area contributed by atoms with E-state index in [1.54, 1.807) is 7.05 Å². The number of aliphatic imine (C=N–C) groups is 2. The summed E-state index contributed by atoms with van der Waals surface area (Å²) in [6.07, 6.45) is 1.93. The summed E-state index contributed by atoms with van der Waals surface area (Å²) in [4.78, 5) is 9.89. The van der Waals surface area contributed by atoms with E-state index in [0.29, 0.717) is 18.7 Å². The Kier molecular flexibility index (Phi) is 11.8. The third kappa shape index (κ3) is 9.62. The molecule has 136 valence electrons. The molecule has 2 atom stereocenters. The predicted molar refractivity (Wildman–Crippen MR) is 99.9 cm³/mol. The number of hydrogen-bond donors (Lipinski definition) is 5. The van der Waals surface area contributed by atoms with E-state index in [1.165, 1.54) is 0 Å². The topological polar surface area (TPSA) is 102 Å². The standard InChI is InChI=1S/C15H36N8/c1-7-15(2,22-21-14(18-4)19-5)10-13(17-3)11-20-8-9-23(6)12-16/h13,17,20,22H,4,7-12,16H2,1-3,5-6H3,(H,19,21)/t13-,15+/m1/s1. The molecule has 8 nitrogen and oxygen atoms in total. The number of rotatable bonds is 12. The zero-order valence-electron chi connectivity index (χ0n) is 15.4. The maximum atomic E-state index is 5.57. The highest BCUT2D eigenvalue weighted by Gasteiger charge is 2.25. The van der Waals surface area contributed by atoms with Crippen molar-refractivity contribution in [1.29, 1.82) is 0 Å². The third-order valence-electron chi connectivity index (χ3n) is 4.10. The van der Waals surface area contributed by atoms with Gasteiger partial charge in [0.1, 0.15) is 0 Å². The van der Waals surface area contributed by atoms with Crippen LogP contribution in [0.2, 0.25) is 0 Å². The molecular formula is C15H36N8. The van der Waals surface area contributed by atoms with Gasteiger partial charge < -0.3 is 16.4 Å². The molecule has 0 saturated carbocycles. The molecule has 8 heteroatoms. The molecule has 0 saturated heterocycles. The second kappa shape index (κ2) is 12.4. The van der Waals surface area contributed by atoms with Crippen molar-refractivity contribution in [1.82, 2.24) is 26.4 Å². The normalized spacial score (nSPS) is 16.2. The Bertz CT molecular complexity index is 346. The Morgan fingerprint density at radius 1 is 1.43 bits per heavy atom. The van der Waals surface area contributed by atoms with E-state index >= 15 is 0 Å². The van der Waals surface area contributed by atoms with Crippen molar-refractivity contribution in [3.05, 3.63) is 0 Å². The van der Waals surface area contributed by atoms with Crippen molar-refractivity contribution < 1.29 is 0 Å². The average Bonchev–Trinajstić information content (AvgIpc) is 2.58. The Labute approximate surface area is 141 Å². The number of likely N-dealkylation sites (N-methyl/N-ethyl adjacent to an activating group) is 2. The van der Waals surface area contributed by atoms with Crippen LogP contribution in [0.4, 0.5) is 0 Å². The molecular weight excluding hydrogens is 292 g/mol. The van der Waals surface area contributed by atoms with Gasteiger partial charge in [0.25, 0.3) is 0 Å².